The number of hydrogen-bond donors (Lipinski definition) is 0. The summed E-state index contributed by atoms with van der Waals surface area (Å²) >= 11 is 0. The SMILES string of the molecule is FC(F)Cc1nccc(N2C[C@@H]3C[C@H]2CO3)n1. The molecule has 0 N–H and O–H groups in total. The molecule has 3 heterocycles. The topological polar surface area (TPSA) is 38.2 Å². The maximum Gasteiger partial charge on any atom is 0.245 e. The first-order valence-electron chi connectivity index (χ1n) is 5.70. The quantitative estimate of drug-likeness (QED) is 0.798. The van der Waals surface area contributed by atoms with Crippen LogP contribution in [0, 0.1) is 0 Å². The van der Waals surface area contributed by atoms with E-state index in [4.69, 9.17) is 4.74 Å². The number of aromatic nitrogens is 2. The zero-order chi connectivity index (χ0) is 11.8. The number of hydrogen-bond acceptors (Lipinski definition) is 4. The molecule has 0 saturated carbocycles. The van der Waals surface area contributed by atoms with Crippen LogP contribution in [0.1, 0.15) is 12.2 Å². The van der Waals surface area contributed by atoms with E-state index in [0.717, 1.165) is 18.8 Å². The molecule has 2 saturated heterocycles. The largest absolute Gasteiger partial charge is 0.374 e. The van der Waals surface area contributed by atoms with Crippen LogP contribution in [0.4, 0.5) is 14.6 Å². The molecule has 6 heteroatoms. The van der Waals surface area contributed by atoms with E-state index in [-0.39, 0.29) is 18.3 Å². The van der Waals surface area contributed by atoms with Gasteiger partial charge in [0, 0.05) is 12.7 Å². The Morgan fingerprint density at radius 3 is 3.06 bits per heavy atom. The van der Waals surface area contributed by atoms with Gasteiger partial charge in [0.15, 0.2) is 0 Å². The highest BCUT2D eigenvalue weighted by atomic mass is 19.3. The van der Waals surface area contributed by atoms with E-state index in [2.05, 4.69) is 14.9 Å². The van der Waals surface area contributed by atoms with E-state index in [1.54, 1.807) is 12.3 Å². The monoisotopic (exact) mass is 241 g/mol. The summed E-state index contributed by atoms with van der Waals surface area (Å²) in [5.41, 5.74) is 0. The van der Waals surface area contributed by atoms with Crippen LogP contribution in [0.2, 0.25) is 0 Å². The first kappa shape index (κ1) is 10.8. The molecular formula is C11H13F2N3O. The Hall–Kier alpha value is -1.30. The summed E-state index contributed by atoms with van der Waals surface area (Å²) in [7, 11) is 0. The van der Waals surface area contributed by atoms with Crippen LogP contribution in [-0.2, 0) is 11.2 Å². The third-order valence-corrected chi connectivity index (χ3v) is 3.22. The van der Waals surface area contributed by atoms with E-state index in [9.17, 15) is 8.78 Å². The summed E-state index contributed by atoms with van der Waals surface area (Å²) in [6.07, 6.45) is 0.0463. The second-order valence-electron chi connectivity index (χ2n) is 4.42. The van der Waals surface area contributed by atoms with Gasteiger partial charge in [0.25, 0.3) is 0 Å². The van der Waals surface area contributed by atoms with Gasteiger partial charge in [-0.1, -0.05) is 0 Å². The summed E-state index contributed by atoms with van der Waals surface area (Å²) in [6, 6.07) is 2.12. The molecule has 1 aromatic heterocycles. The van der Waals surface area contributed by atoms with Crippen molar-refractivity contribution >= 4 is 5.82 Å². The molecule has 2 aliphatic rings. The Bertz CT molecular complexity index is 415. The van der Waals surface area contributed by atoms with Crippen LogP contribution in [0.15, 0.2) is 12.3 Å². The molecule has 1 aromatic rings. The van der Waals surface area contributed by atoms with Crippen LogP contribution >= 0.6 is 0 Å². The van der Waals surface area contributed by atoms with Crippen LogP contribution in [-0.4, -0.2) is 41.7 Å². The molecule has 0 radical (unpaired) electrons. The standard InChI is InChI=1S/C11H13F2N3O/c12-9(13)4-10-14-2-1-11(15-10)16-5-8-3-7(16)6-17-8/h1-2,7-9H,3-6H2/t7-,8-/m0/s1. The summed E-state index contributed by atoms with van der Waals surface area (Å²) in [6.45, 7) is 1.51. The van der Waals surface area contributed by atoms with Gasteiger partial charge in [-0.25, -0.2) is 18.7 Å². The smallest absolute Gasteiger partial charge is 0.245 e. The number of ether oxygens (including phenoxy) is 1. The van der Waals surface area contributed by atoms with Crippen molar-refractivity contribution < 1.29 is 13.5 Å². The molecule has 2 bridgehead atoms. The first-order valence-corrected chi connectivity index (χ1v) is 5.70. The van der Waals surface area contributed by atoms with E-state index in [1.165, 1.54) is 0 Å². The van der Waals surface area contributed by atoms with Gasteiger partial charge >= 0.3 is 0 Å². The summed E-state index contributed by atoms with van der Waals surface area (Å²) in [5, 5.41) is 0. The van der Waals surface area contributed by atoms with Crippen molar-refractivity contribution in [2.45, 2.75) is 31.4 Å². The molecule has 0 unspecified atom stereocenters. The maximum absolute atomic E-state index is 12.3. The Labute approximate surface area is 97.6 Å². The van der Waals surface area contributed by atoms with E-state index < -0.39 is 6.43 Å². The number of rotatable bonds is 3. The summed E-state index contributed by atoms with van der Waals surface area (Å²) in [5.74, 6) is 0.952. The van der Waals surface area contributed by atoms with E-state index >= 15 is 0 Å². The number of halogens is 2. The Morgan fingerprint density at radius 2 is 2.41 bits per heavy atom. The lowest BCUT2D eigenvalue weighted by molar-refractivity contribution is 0.0988. The van der Waals surface area contributed by atoms with Crippen LogP contribution in [0.25, 0.3) is 0 Å². The molecule has 0 aromatic carbocycles. The Morgan fingerprint density at radius 1 is 1.53 bits per heavy atom. The van der Waals surface area contributed by atoms with Crippen molar-refractivity contribution in [1.29, 1.82) is 0 Å². The van der Waals surface area contributed by atoms with Crippen molar-refractivity contribution in [2.75, 3.05) is 18.1 Å². The highest BCUT2D eigenvalue weighted by molar-refractivity contribution is 5.42. The predicted molar refractivity (Wildman–Crippen MR) is 57.2 cm³/mol. The molecule has 4 nitrogen and oxygen atoms in total. The van der Waals surface area contributed by atoms with Gasteiger partial charge in [-0.05, 0) is 12.5 Å². The second kappa shape index (κ2) is 4.18. The van der Waals surface area contributed by atoms with Gasteiger partial charge in [0.1, 0.15) is 11.6 Å². The van der Waals surface area contributed by atoms with Crippen molar-refractivity contribution in [3.05, 3.63) is 18.1 Å². The molecule has 2 aliphatic heterocycles. The van der Waals surface area contributed by atoms with Crippen molar-refractivity contribution in [1.82, 2.24) is 9.97 Å². The minimum absolute atomic E-state index is 0.209. The Kier molecular flexibility index (Phi) is 2.66. The minimum atomic E-state index is -2.40. The van der Waals surface area contributed by atoms with Crippen molar-refractivity contribution in [2.24, 2.45) is 0 Å². The van der Waals surface area contributed by atoms with Gasteiger partial charge in [-0.3, -0.25) is 0 Å². The zero-order valence-corrected chi connectivity index (χ0v) is 9.22. The molecule has 2 fully saturated rings. The van der Waals surface area contributed by atoms with Crippen LogP contribution in [0.3, 0.4) is 0 Å². The van der Waals surface area contributed by atoms with E-state index in [1.807, 2.05) is 0 Å². The average Bonchev–Trinajstić information content (AvgIpc) is 2.90. The van der Waals surface area contributed by atoms with Gasteiger partial charge in [-0.15, -0.1) is 0 Å². The summed E-state index contributed by atoms with van der Waals surface area (Å²) < 4.78 is 30.0. The van der Waals surface area contributed by atoms with Gasteiger partial charge in [-0.2, -0.15) is 0 Å². The Balaban J connectivity index is 1.79. The maximum atomic E-state index is 12.3. The molecular weight excluding hydrogens is 228 g/mol. The van der Waals surface area contributed by atoms with Crippen LogP contribution < -0.4 is 4.90 Å². The number of nitrogens with zero attached hydrogens (tertiary/aromatic N) is 3. The van der Waals surface area contributed by atoms with Gasteiger partial charge in [0.2, 0.25) is 6.43 Å². The molecule has 0 spiro atoms. The molecule has 2 atom stereocenters. The average molecular weight is 241 g/mol. The molecule has 0 aliphatic carbocycles. The fourth-order valence-electron chi connectivity index (χ4n) is 2.46. The molecule has 3 rings (SSSR count). The predicted octanol–water partition coefficient (Wildman–Crippen LogP) is 1.26. The first-order chi connectivity index (χ1) is 8.22. The third-order valence-electron chi connectivity index (χ3n) is 3.22. The number of alkyl halides is 2. The lowest BCUT2D eigenvalue weighted by atomic mass is 10.2. The van der Waals surface area contributed by atoms with Crippen molar-refractivity contribution in [3.8, 4) is 0 Å². The zero-order valence-electron chi connectivity index (χ0n) is 9.22. The molecule has 17 heavy (non-hydrogen) atoms. The summed E-state index contributed by atoms with van der Waals surface area (Å²) in [4.78, 5) is 10.2. The number of anilines is 1. The lowest BCUT2D eigenvalue weighted by Crippen LogP contribution is -2.37. The fraction of sp³-hybridized carbons (Fsp3) is 0.636. The number of fused-ring (bicyclic) bond motifs is 2. The highest BCUT2D eigenvalue weighted by Gasteiger charge is 2.39. The molecule has 0 amide bonds. The normalized spacial score (nSPS) is 27.1. The second-order valence-corrected chi connectivity index (χ2v) is 4.42. The highest BCUT2D eigenvalue weighted by Crippen LogP contribution is 2.31. The number of morpholine rings is 1. The van der Waals surface area contributed by atoms with E-state index in [0.29, 0.717) is 12.6 Å². The lowest BCUT2D eigenvalue weighted by Gasteiger charge is -2.27. The third kappa shape index (κ3) is 2.09. The van der Waals surface area contributed by atoms with Crippen LogP contribution in [0.5, 0.6) is 0 Å². The minimum Gasteiger partial charge on any atom is -0.374 e. The van der Waals surface area contributed by atoms with Gasteiger partial charge in [0.05, 0.1) is 25.2 Å². The van der Waals surface area contributed by atoms with Crippen molar-refractivity contribution in [3.63, 3.8) is 0 Å². The molecule has 92 valence electrons. The van der Waals surface area contributed by atoms with Gasteiger partial charge < -0.3 is 9.64 Å². The fourth-order valence-corrected chi connectivity index (χ4v) is 2.46.